The maximum absolute atomic E-state index is 11.4. The van der Waals surface area contributed by atoms with Gasteiger partial charge in [-0.3, -0.25) is 4.79 Å². The monoisotopic (exact) mass is 235 g/mol. The minimum atomic E-state index is -3.12. The zero-order valence-electron chi connectivity index (χ0n) is 9.69. The minimum Gasteiger partial charge on any atom is -0.322 e. The molecular weight excluding hydrogens is 214 g/mol. The standard InChI is InChI=1S/C10H21NO3S/c1-4-5-9(11)10(12)6-7-15(13,14)8(2)3/h8-9H,4-7,11H2,1-3H3. The summed E-state index contributed by atoms with van der Waals surface area (Å²) in [5.41, 5.74) is 5.59. The van der Waals surface area contributed by atoms with E-state index in [1.165, 1.54) is 0 Å². The van der Waals surface area contributed by atoms with Gasteiger partial charge in [-0.05, 0) is 20.3 Å². The van der Waals surface area contributed by atoms with Crippen molar-refractivity contribution in [3.63, 3.8) is 0 Å². The molecule has 0 aliphatic carbocycles. The number of hydrogen-bond acceptors (Lipinski definition) is 4. The van der Waals surface area contributed by atoms with Gasteiger partial charge in [-0.2, -0.15) is 0 Å². The Morgan fingerprint density at radius 1 is 1.33 bits per heavy atom. The number of carbonyl (C=O) groups excluding carboxylic acids is 1. The molecule has 15 heavy (non-hydrogen) atoms. The zero-order valence-corrected chi connectivity index (χ0v) is 10.5. The van der Waals surface area contributed by atoms with Gasteiger partial charge in [-0.25, -0.2) is 8.42 Å². The van der Waals surface area contributed by atoms with Crippen molar-refractivity contribution in [3.8, 4) is 0 Å². The fourth-order valence-corrected chi connectivity index (χ4v) is 2.09. The molecule has 90 valence electrons. The zero-order chi connectivity index (χ0) is 12.1. The largest absolute Gasteiger partial charge is 0.322 e. The summed E-state index contributed by atoms with van der Waals surface area (Å²) in [4.78, 5) is 11.4. The van der Waals surface area contributed by atoms with Gasteiger partial charge in [-0.1, -0.05) is 13.3 Å². The second-order valence-electron chi connectivity index (χ2n) is 4.03. The van der Waals surface area contributed by atoms with E-state index in [-0.39, 0.29) is 18.0 Å². The van der Waals surface area contributed by atoms with Crippen LogP contribution in [-0.2, 0) is 14.6 Å². The lowest BCUT2D eigenvalue weighted by Gasteiger charge is -2.10. The quantitative estimate of drug-likeness (QED) is 0.711. The molecule has 0 aromatic rings. The van der Waals surface area contributed by atoms with Crippen molar-refractivity contribution in [2.75, 3.05) is 5.75 Å². The summed E-state index contributed by atoms with van der Waals surface area (Å²) in [6.45, 7) is 5.18. The second-order valence-corrected chi connectivity index (χ2v) is 6.70. The van der Waals surface area contributed by atoms with Crippen molar-refractivity contribution in [3.05, 3.63) is 0 Å². The van der Waals surface area contributed by atoms with Gasteiger partial charge in [0.15, 0.2) is 15.6 Å². The second kappa shape index (κ2) is 6.23. The van der Waals surface area contributed by atoms with Crippen LogP contribution in [0.1, 0.15) is 40.0 Å². The van der Waals surface area contributed by atoms with Crippen LogP contribution in [0.2, 0.25) is 0 Å². The lowest BCUT2D eigenvalue weighted by atomic mass is 10.1. The molecule has 0 aliphatic rings. The molecule has 4 nitrogen and oxygen atoms in total. The first kappa shape index (κ1) is 14.6. The summed E-state index contributed by atoms with van der Waals surface area (Å²) in [6.07, 6.45) is 1.51. The van der Waals surface area contributed by atoms with Crippen LogP contribution in [0.5, 0.6) is 0 Å². The number of sulfone groups is 1. The third-order valence-electron chi connectivity index (χ3n) is 2.36. The molecule has 0 fully saturated rings. The van der Waals surface area contributed by atoms with Crippen LogP contribution in [-0.4, -0.2) is 31.2 Å². The number of rotatable bonds is 7. The van der Waals surface area contributed by atoms with Crippen molar-refractivity contribution in [1.82, 2.24) is 0 Å². The van der Waals surface area contributed by atoms with Crippen LogP contribution in [0.15, 0.2) is 0 Å². The Morgan fingerprint density at radius 3 is 2.27 bits per heavy atom. The van der Waals surface area contributed by atoms with E-state index >= 15 is 0 Å². The number of nitrogens with two attached hydrogens (primary N) is 1. The van der Waals surface area contributed by atoms with E-state index in [9.17, 15) is 13.2 Å². The van der Waals surface area contributed by atoms with Crippen LogP contribution in [0.25, 0.3) is 0 Å². The van der Waals surface area contributed by atoms with E-state index < -0.39 is 21.1 Å². The molecule has 0 rings (SSSR count). The lowest BCUT2D eigenvalue weighted by Crippen LogP contribution is -2.32. The van der Waals surface area contributed by atoms with Gasteiger partial charge in [-0.15, -0.1) is 0 Å². The Hall–Kier alpha value is -0.420. The fourth-order valence-electron chi connectivity index (χ4n) is 1.14. The van der Waals surface area contributed by atoms with Gasteiger partial charge in [0, 0.05) is 6.42 Å². The molecule has 0 heterocycles. The molecule has 0 spiro atoms. The van der Waals surface area contributed by atoms with Crippen molar-refractivity contribution in [2.24, 2.45) is 5.73 Å². The fraction of sp³-hybridized carbons (Fsp3) is 0.900. The first-order valence-electron chi connectivity index (χ1n) is 5.31. The first-order valence-corrected chi connectivity index (χ1v) is 7.02. The van der Waals surface area contributed by atoms with Crippen molar-refractivity contribution in [2.45, 2.75) is 51.3 Å². The molecule has 0 aromatic heterocycles. The smallest absolute Gasteiger partial charge is 0.153 e. The molecule has 0 bridgehead atoms. The predicted octanol–water partition coefficient (Wildman–Crippen LogP) is 0.896. The maximum atomic E-state index is 11.4. The molecule has 5 heteroatoms. The number of ketones is 1. The summed E-state index contributed by atoms with van der Waals surface area (Å²) < 4.78 is 22.8. The summed E-state index contributed by atoms with van der Waals surface area (Å²) in [5.74, 6) is -0.234. The normalized spacial score (nSPS) is 14.2. The van der Waals surface area contributed by atoms with Crippen LogP contribution in [0, 0.1) is 0 Å². The molecule has 1 unspecified atom stereocenters. The highest BCUT2D eigenvalue weighted by molar-refractivity contribution is 7.91. The highest BCUT2D eigenvalue weighted by atomic mass is 32.2. The maximum Gasteiger partial charge on any atom is 0.153 e. The van der Waals surface area contributed by atoms with Crippen molar-refractivity contribution in [1.29, 1.82) is 0 Å². The van der Waals surface area contributed by atoms with E-state index in [1.807, 2.05) is 6.92 Å². The van der Waals surface area contributed by atoms with Gasteiger partial charge in [0.05, 0.1) is 17.0 Å². The van der Waals surface area contributed by atoms with Crippen molar-refractivity contribution < 1.29 is 13.2 Å². The van der Waals surface area contributed by atoms with E-state index in [0.29, 0.717) is 6.42 Å². The molecule has 0 saturated carbocycles. The lowest BCUT2D eigenvalue weighted by molar-refractivity contribution is -0.120. The number of Topliss-reactive ketones (excluding diaryl/α,β-unsaturated/α-hetero) is 1. The Morgan fingerprint density at radius 2 is 1.87 bits per heavy atom. The van der Waals surface area contributed by atoms with Crippen LogP contribution in [0.3, 0.4) is 0 Å². The topological polar surface area (TPSA) is 77.2 Å². The number of carbonyl (C=O) groups is 1. The molecule has 0 radical (unpaired) electrons. The van der Waals surface area contributed by atoms with E-state index in [1.54, 1.807) is 13.8 Å². The Kier molecular flexibility index (Phi) is 6.05. The van der Waals surface area contributed by atoms with Gasteiger partial charge in [0.25, 0.3) is 0 Å². The number of hydrogen-bond donors (Lipinski definition) is 1. The molecule has 1 atom stereocenters. The summed E-state index contributed by atoms with van der Waals surface area (Å²) >= 11 is 0. The Bertz CT molecular complexity index is 296. The van der Waals surface area contributed by atoms with Crippen LogP contribution >= 0.6 is 0 Å². The third-order valence-corrected chi connectivity index (χ3v) is 4.57. The van der Waals surface area contributed by atoms with Gasteiger partial charge < -0.3 is 5.73 Å². The Balaban J connectivity index is 4.12. The summed E-state index contributed by atoms with van der Waals surface area (Å²) in [5, 5.41) is -0.423. The van der Waals surface area contributed by atoms with E-state index in [0.717, 1.165) is 6.42 Å². The van der Waals surface area contributed by atoms with Crippen LogP contribution in [0.4, 0.5) is 0 Å². The molecular formula is C10H21NO3S. The van der Waals surface area contributed by atoms with Crippen LogP contribution < -0.4 is 5.73 Å². The summed E-state index contributed by atoms with van der Waals surface area (Å²) in [6, 6.07) is -0.502. The van der Waals surface area contributed by atoms with Gasteiger partial charge in [0.1, 0.15) is 0 Å². The third kappa shape index (κ3) is 5.28. The Labute approximate surface area is 92.2 Å². The van der Waals surface area contributed by atoms with E-state index in [4.69, 9.17) is 5.73 Å². The minimum absolute atomic E-state index is 0.0433. The molecule has 0 aromatic carbocycles. The molecule has 2 N–H and O–H groups in total. The van der Waals surface area contributed by atoms with Crippen molar-refractivity contribution >= 4 is 15.6 Å². The average molecular weight is 235 g/mol. The van der Waals surface area contributed by atoms with Gasteiger partial charge >= 0.3 is 0 Å². The van der Waals surface area contributed by atoms with E-state index in [2.05, 4.69) is 0 Å². The predicted molar refractivity (Wildman–Crippen MR) is 61.4 cm³/mol. The first-order chi connectivity index (χ1) is 6.81. The average Bonchev–Trinajstić information content (AvgIpc) is 2.14. The molecule has 0 amide bonds. The highest BCUT2D eigenvalue weighted by Crippen LogP contribution is 2.05. The molecule has 0 aliphatic heterocycles. The van der Waals surface area contributed by atoms with Gasteiger partial charge in [0.2, 0.25) is 0 Å². The highest BCUT2D eigenvalue weighted by Gasteiger charge is 2.20. The molecule has 0 saturated heterocycles. The summed E-state index contributed by atoms with van der Waals surface area (Å²) in [7, 11) is -3.12. The SMILES string of the molecule is CCCC(N)C(=O)CCS(=O)(=O)C(C)C.